The minimum atomic E-state index is -1.40. The van der Waals surface area contributed by atoms with Crippen molar-refractivity contribution in [3.8, 4) is 0 Å². The van der Waals surface area contributed by atoms with Gasteiger partial charge in [-0.05, 0) is 6.92 Å². The molecule has 1 aliphatic rings. The Morgan fingerprint density at radius 3 is 2.19 bits per heavy atom. The fraction of sp³-hybridized carbons (Fsp3) is 0.429. The zero-order valence-corrected chi connectivity index (χ0v) is 16.3. The third kappa shape index (κ3) is 5.80. The van der Waals surface area contributed by atoms with Crippen LogP contribution in [-0.4, -0.2) is 19.1 Å². The summed E-state index contributed by atoms with van der Waals surface area (Å²) in [5.41, 5.74) is 0.265. The fourth-order valence-electron chi connectivity index (χ4n) is 0.782. The molecule has 0 radical (unpaired) electrons. The Hall–Kier alpha value is 1.35. The van der Waals surface area contributed by atoms with E-state index in [2.05, 4.69) is 20.6 Å². The van der Waals surface area contributed by atoms with Crippen molar-refractivity contribution < 1.29 is 113 Å². The molecule has 76 valence electrons. The van der Waals surface area contributed by atoms with Crippen molar-refractivity contribution in [3.63, 3.8) is 0 Å². The molecule has 16 heavy (non-hydrogen) atoms. The van der Waals surface area contributed by atoms with E-state index in [1.807, 2.05) is 0 Å². The fourth-order valence-corrected chi connectivity index (χ4v) is 0.782. The smallest absolute Gasteiger partial charge is 0.882 e. The number of nitrogens with zero attached hydrogens (tertiary/aromatic N) is 5. The van der Waals surface area contributed by atoms with Crippen LogP contribution in [0, 0.1) is 0 Å². The van der Waals surface area contributed by atoms with Gasteiger partial charge >= 0.3 is 103 Å². The van der Waals surface area contributed by atoms with Gasteiger partial charge in [-0.1, -0.05) is 5.22 Å². The molecule has 1 heterocycles. The van der Waals surface area contributed by atoms with Crippen LogP contribution in [0.15, 0.2) is 43.6 Å². The van der Waals surface area contributed by atoms with E-state index in [0.29, 0.717) is 5.70 Å². The van der Waals surface area contributed by atoms with E-state index in [1.54, 1.807) is 21.0 Å². The molecule has 0 aromatic heterocycles. The van der Waals surface area contributed by atoms with Gasteiger partial charge in [-0.3, -0.25) is 5.01 Å². The van der Waals surface area contributed by atoms with Gasteiger partial charge in [-0.25, -0.2) is 0 Å². The first kappa shape index (κ1) is 19.7. The Labute approximate surface area is 179 Å². The monoisotopic (exact) mass is 273 g/mol. The normalized spacial score (nSPS) is 13.8. The summed E-state index contributed by atoms with van der Waals surface area (Å²) >= 11 is 0. The Morgan fingerprint density at radius 1 is 1.19 bits per heavy atom. The summed E-state index contributed by atoms with van der Waals surface area (Å²) in [5, 5.41) is 36.9. The second kappa shape index (κ2) is 9.30. The second-order valence-corrected chi connectivity index (χ2v) is 2.81. The summed E-state index contributed by atoms with van der Waals surface area (Å²) in [6.07, 6.45) is 0. The maximum Gasteiger partial charge on any atom is 1.00 e. The molecule has 0 N–H and O–H groups in total. The Bertz CT molecular complexity index is 358. The Balaban J connectivity index is 0. The number of azo groups is 1. The maximum atomic E-state index is 10.6. The number of hydrogen-bond donors (Lipinski definition) is 0. The van der Waals surface area contributed by atoms with E-state index >= 15 is 0 Å². The van der Waals surface area contributed by atoms with E-state index in [4.69, 9.17) is 0 Å². The summed E-state index contributed by atoms with van der Waals surface area (Å²) in [5.74, 6) is -1.40. The first-order valence-electron chi connectivity index (χ1n) is 3.82. The minimum Gasteiger partial charge on any atom is -0.882 e. The van der Waals surface area contributed by atoms with E-state index in [9.17, 15) is 10.2 Å². The molecule has 0 bridgehead atoms. The van der Waals surface area contributed by atoms with Crippen molar-refractivity contribution in [3.05, 3.63) is 23.0 Å². The summed E-state index contributed by atoms with van der Waals surface area (Å²) < 4.78 is 0. The van der Waals surface area contributed by atoms with Gasteiger partial charge in [0.1, 0.15) is 5.70 Å². The zero-order valence-electron chi connectivity index (χ0n) is 10.1. The van der Waals surface area contributed by atoms with Crippen LogP contribution in [0.2, 0.25) is 0 Å². The van der Waals surface area contributed by atoms with Crippen LogP contribution in [0.4, 0.5) is 0 Å². The molecule has 0 fully saturated rings. The predicted molar refractivity (Wildman–Crippen MR) is 43.1 cm³/mol. The van der Waals surface area contributed by atoms with E-state index < -0.39 is 5.95 Å². The Kier molecular flexibility index (Phi) is 11.4. The van der Waals surface area contributed by atoms with Gasteiger partial charge in [0.25, 0.3) is 0 Å². The van der Waals surface area contributed by atoms with Crippen molar-refractivity contribution in [1.29, 1.82) is 0 Å². The van der Waals surface area contributed by atoms with Gasteiger partial charge in [-0.2, -0.15) is 16.2 Å². The molecule has 0 amide bonds. The molecule has 0 atom stereocenters. The molecule has 7 nitrogen and oxygen atoms in total. The van der Waals surface area contributed by atoms with Crippen LogP contribution in [0.5, 0.6) is 0 Å². The van der Waals surface area contributed by atoms with Gasteiger partial charge < -0.3 is 10.2 Å². The van der Waals surface area contributed by atoms with Crippen molar-refractivity contribution in [1.82, 2.24) is 5.01 Å². The first-order valence-corrected chi connectivity index (χ1v) is 3.82. The van der Waals surface area contributed by atoms with Crippen LogP contribution in [0.25, 0.3) is 0 Å². The van der Waals surface area contributed by atoms with E-state index in [-0.39, 0.29) is 114 Å². The molecule has 1 aliphatic heterocycles. The third-order valence-electron chi connectivity index (χ3n) is 1.38. The molecule has 0 aromatic carbocycles. The summed E-state index contributed by atoms with van der Waals surface area (Å²) in [7, 11) is 3.34. The molecule has 0 spiro atoms. The molecule has 0 unspecified atom stereocenters. The summed E-state index contributed by atoms with van der Waals surface area (Å²) in [4.78, 5) is 0. The zero-order chi connectivity index (χ0) is 10.7. The van der Waals surface area contributed by atoms with Crippen LogP contribution >= 0.6 is 0 Å². The maximum absolute atomic E-state index is 10.6. The van der Waals surface area contributed by atoms with Gasteiger partial charge in [0.2, 0.25) is 0 Å². The molecule has 0 aliphatic carbocycles. The second-order valence-electron chi connectivity index (χ2n) is 2.81. The average Bonchev–Trinajstić information content (AvgIpc) is 2.43. The van der Waals surface area contributed by atoms with E-state index in [1.165, 1.54) is 5.01 Å². The topological polar surface area (TPSA) is 98.8 Å². The van der Waals surface area contributed by atoms with Gasteiger partial charge in [0.05, 0.1) is 11.4 Å². The van der Waals surface area contributed by atoms with Crippen molar-refractivity contribution in [2.75, 3.05) is 14.1 Å². The molecular weight excluding hydrogens is 264 g/mol. The average molecular weight is 273 g/mol. The first-order chi connectivity index (χ1) is 6.52. The van der Waals surface area contributed by atoms with Gasteiger partial charge in [0, 0.05) is 14.1 Å². The minimum absolute atomic E-state index is 0. The number of allylic oxidation sites excluding steroid dienone is 1. The van der Waals surface area contributed by atoms with E-state index in [0.717, 1.165) is 0 Å². The molecule has 9 heteroatoms. The van der Waals surface area contributed by atoms with Crippen molar-refractivity contribution in [2.45, 2.75) is 6.92 Å². The molecule has 0 saturated carbocycles. The quantitative estimate of drug-likeness (QED) is 0.216. The van der Waals surface area contributed by atoms with Crippen LogP contribution < -0.4 is 113 Å². The largest absolute Gasteiger partial charge is 1.00 e. The third-order valence-corrected chi connectivity index (χ3v) is 1.38. The van der Waals surface area contributed by atoms with Gasteiger partial charge in [0.15, 0.2) is 0 Å². The number of rotatable bonds is 2. The molecular formula is C7H9K2N5O2. The molecule has 0 saturated heterocycles. The Morgan fingerprint density at radius 2 is 1.75 bits per heavy atom. The van der Waals surface area contributed by atoms with Crippen LogP contribution in [0.1, 0.15) is 6.92 Å². The summed E-state index contributed by atoms with van der Waals surface area (Å²) in [6, 6.07) is 0. The van der Waals surface area contributed by atoms with Crippen molar-refractivity contribution in [2.24, 2.45) is 20.6 Å². The standard InChI is InChI=1S/C7H11N5O2.2K/c1-4-5(10-11-12(2)3)6(7(13)14)9-8-4;;/h13-14H,1-3H3;;/q;2*+1/p-2. The van der Waals surface area contributed by atoms with Crippen molar-refractivity contribution >= 4 is 0 Å². The van der Waals surface area contributed by atoms with Gasteiger partial charge in [-0.15, -0.1) is 5.11 Å². The number of hydrogen-bond acceptors (Lipinski definition) is 6. The van der Waals surface area contributed by atoms with Crippen LogP contribution in [-0.2, 0) is 0 Å². The summed E-state index contributed by atoms with van der Waals surface area (Å²) in [6.45, 7) is 1.60. The SMILES string of the molecule is CC1=C(N=NN(C)C)C(=C([O-])[O-])N=N1.[K+].[K+]. The molecule has 0 aromatic rings. The predicted octanol–water partition coefficient (Wildman–Crippen LogP) is -6.49. The molecule has 1 rings (SSSR count). The van der Waals surface area contributed by atoms with Crippen LogP contribution in [0.3, 0.4) is 0 Å².